The SMILES string of the molecule is CC(C)C(C)NCCN1CCN2CCCCC2C1. The lowest BCUT2D eigenvalue weighted by Gasteiger charge is -2.44. The minimum Gasteiger partial charge on any atom is -0.313 e. The van der Waals surface area contributed by atoms with Gasteiger partial charge < -0.3 is 5.32 Å². The quantitative estimate of drug-likeness (QED) is 0.806. The van der Waals surface area contributed by atoms with Crippen molar-refractivity contribution in [1.29, 1.82) is 0 Å². The summed E-state index contributed by atoms with van der Waals surface area (Å²) in [6.07, 6.45) is 4.29. The van der Waals surface area contributed by atoms with Gasteiger partial charge in [-0.15, -0.1) is 0 Å². The zero-order chi connectivity index (χ0) is 13.0. The zero-order valence-electron chi connectivity index (χ0n) is 12.5. The first kappa shape index (κ1) is 14.3. The second-order valence-electron chi connectivity index (χ2n) is 6.47. The van der Waals surface area contributed by atoms with Gasteiger partial charge in [-0.05, 0) is 32.2 Å². The maximum absolute atomic E-state index is 3.65. The average molecular weight is 253 g/mol. The van der Waals surface area contributed by atoms with Crippen molar-refractivity contribution in [3.63, 3.8) is 0 Å². The lowest BCUT2D eigenvalue weighted by atomic mass is 9.99. The van der Waals surface area contributed by atoms with Crippen LogP contribution in [0.25, 0.3) is 0 Å². The topological polar surface area (TPSA) is 18.5 Å². The van der Waals surface area contributed by atoms with Crippen LogP contribution in [0, 0.1) is 5.92 Å². The number of rotatable bonds is 5. The van der Waals surface area contributed by atoms with Gasteiger partial charge in [0.1, 0.15) is 0 Å². The highest BCUT2D eigenvalue weighted by Crippen LogP contribution is 2.20. The molecule has 1 N–H and O–H groups in total. The largest absolute Gasteiger partial charge is 0.313 e. The summed E-state index contributed by atoms with van der Waals surface area (Å²) in [6, 6.07) is 1.50. The minimum atomic E-state index is 0.640. The molecule has 2 heterocycles. The number of nitrogens with one attached hydrogen (secondary N) is 1. The summed E-state index contributed by atoms with van der Waals surface area (Å²) in [5.74, 6) is 0.736. The molecule has 2 atom stereocenters. The fraction of sp³-hybridized carbons (Fsp3) is 1.00. The van der Waals surface area contributed by atoms with Crippen molar-refractivity contribution in [2.75, 3.05) is 39.3 Å². The summed E-state index contributed by atoms with van der Waals surface area (Å²) in [4.78, 5) is 5.37. The number of hydrogen-bond acceptors (Lipinski definition) is 3. The molecule has 0 radical (unpaired) electrons. The number of piperidine rings is 1. The van der Waals surface area contributed by atoms with Crippen LogP contribution in [0.3, 0.4) is 0 Å². The van der Waals surface area contributed by atoms with E-state index >= 15 is 0 Å². The van der Waals surface area contributed by atoms with Crippen LogP contribution in [0.2, 0.25) is 0 Å². The molecule has 2 fully saturated rings. The molecule has 0 aromatic carbocycles. The molecule has 3 heteroatoms. The van der Waals surface area contributed by atoms with Gasteiger partial charge >= 0.3 is 0 Å². The van der Waals surface area contributed by atoms with Crippen molar-refractivity contribution >= 4 is 0 Å². The van der Waals surface area contributed by atoms with Crippen LogP contribution in [0.15, 0.2) is 0 Å². The summed E-state index contributed by atoms with van der Waals surface area (Å²) < 4.78 is 0. The van der Waals surface area contributed by atoms with E-state index in [0.29, 0.717) is 6.04 Å². The van der Waals surface area contributed by atoms with E-state index < -0.39 is 0 Å². The molecule has 0 saturated carbocycles. The monoisotopic (exact) mass is 253 g/mol. The maximum Gasteiger partial charge on any atom is 0.0223 e. The molecular weight excluding hydrogens is 222 g/mol. The third kappa shape index (κ3) is 3.94. The van der Waals surface area contributed by atoms with Crippen LogP contribution < -0.4 is 5.32 Å². The van der Waals surface area contributed by atoms with Gasteiger partial charge in [-0.1, -0.05) is 20.3 Å². The number of piperazine rings is 1. The molecule has 0 aromatic rings. The van der Waals surface area contributed by atoms with E-state index in [1.165, 1.54) is 52.0 Å². The molecule has 2 aliphatic rings. The van der Waals surface area contributed by atoms with Crippen molar-refractivity contribution in [2.24, 2.45) is 5.92 Å². The van der Waals surface area contributed by atoms with Gasteiger partial charge in [-0.25, -0.2) is 0 Å². The standard InChI is InChI=1S/C15H31N3/c1-13(2)14(3)16-7-9-17-10-11-18-8-5-4-6-15(18)12-17/h13-16H,4-12H2,1-3H3. The van der Waals surface area contributed by atoms with E-state index in [9.17, 15) is 0 Å². The van der Waals surface area contributed by atoms with Crippen molar-refractivity contribution in [1.82, 2.24) is 15.1 Å². The Kier molecular flexibility index (Phi) is 5.46. The molecule has 2 saturated heterocycles. The third-order valence-corrected chi connectivity index (χ3v) is 4.82. The van der Waals surface area contributed by atoms with E-state index in [-0.39, 0.29) is 0 Å². The van der Waals surface area contributed by atoms with Gasteiger partial charge in [0.25, 0.3) is 0 Å². The van der Waals surface area contributed by atoms with E-state index in [1.54, 1.807) is 0 Å². The first-order valence-corrected chi connectivity index (χ1v) is 7.86. The van der Waals surface area contributed by atoms with E-state index in [0.717, 1.165) is 18.5 Å². The summed E-state index contributed by atoms with van der Waals surface area (Å²) in [5, 5.41) is 3.65. The molecule has 0 aliphatic carbocycles. The molecule has 18 heavy (non-hydrogen) atoms. The average Bonchev–Trinajstić information content (AvgIpc) is 2.38. The molecule has 0 amide bonds. The lowest BCUT2D eigenvalue weighted by Crippen LogP contribution is -2.55. The van der Waals surface area contributed by atoms with Crippen LogP contribution in [0.1, 0.15) is 40.0 Å². The van der Waals surface area contributed by atoms with Crippen molar-refractivity contribution in [3.05, 3.63) is 0 Å². The normalized spacial score (nSPS) is 28.3. The molecule has 3 nitrogen and oxygen atoms in total. The number of nitrogens with zero attached hydrogens (tertiary/aromatic N) is 2. The van der Waals surface area contributed by atoms with Crippen LogP contribution in [-0.4, -0.2) is 61.2 Å². The molecule has 0 bridgehead atoms. The highest BCUT2D eigenvalue weighted by molar-refractivity contribution is 4.85. The third-order valence-electron chi connectivity index (χ3n) is 4.82. The maximum atomic E-state index is 3.65. The van der Waals surface area contributed by atoms with E-state index in [2.05, 4.69) is 35.9 Å². The number of hydrogen-bond donors (Lipinski definition) is 1. The Hall–Kier alpha value is -0.120. The highest BCUT2D eigenvalue weighted by atomic mass is 15.3. The van der Waals surface area contributed by atoms with Crippen LogP contribution >= 0.6 is 0 Å². The van der Waals surface area contributed by atoms with Gasteiger partial charge in [-0.2, -0.15) is 0 Å². The highest BCUT2D eigenvalue weighted by Gasteiger charge is 2.28. The first-order valence-electron chi connectivity index (χ1n) is 7.86. The van der Waals surface area contributed by atoms with Gasteiger partial charge in [0.15, 0.2) is 0 Å². The van der Waals surface area contributed by atoms with E-state index in [4.69, 9.17) is 0 Å². The molecule has 2 rings (SSSR count). The van der Waals surface area contributed by atoms with Gasteiger partial charge in [0.05, 0.1) is 0 Å². The Morgan fingerprint density at radius 3 is 2.72 bits per heavy atom. The second kappa shape index (κ2) is 6.88. The Bertz CT molecular complexity index is 242. The molecule has 2 unspecified atom stereocenters. The lowest BCUT2D eigenvalue weighted by molar-refractivity contribution is 0.0495. The van der Waals surface area contributed by atoms with Crippen LogP contribution in [-0.2, 0) is 0 Å². The second-order valence-corrected chi connectivity index (χ2v) is 6.47. The van der Waals surface area contributed by atoms with Gasteiger partial charge in [-0.3, -0.25) is 9.80 Å². The van der Waals surface area contributed by atoms with E-state index in [1.807, 2.05) is 0 Å². The fourth-order valence-corrected chi connectivity index (χ4v) is 3.11. The van der Waals surface area contributed by atoms with Gasteiger partial charge in [0, 0.05) is 44.8 Å². The smallest absolute Gasteiger partial charge is 0.0223 e. The Morgan fingerprint density at radius 1 is 1.11 bits per heavy atom. The number of fused-ring (bicyclic) bond motifs is 1. The zero-order valence-corrected chi connectivity index (χ0v) is 12.5. The predicted molar refractivity (Wildman–Crippen MR) is 78.0 cm³/mol. The molecule has 0 spiro atoms. The Labute approximate surface area is 113 Å². The fourth-order valence-electron chi connectivity index (χ4n) is 3.11. The van der Waals surface area contributed by atoms with Crippen molar-refractivity contribution < 1.29 is 0 Å². The molecule has 2 aliphatic heterocycles. The van der Waals surface area contributed by atoms with Crippen molar-refractivity contribution in [3.8, 4) is 0 Å². The minimum absolute atomic E-state index is 0.640. The molecular formula is C15H31N3. The summed E-state index contributed by atoms with van der Waals surface area (Å²) in [5.41, 5.74) is 0. The van der Waals surface area contributed by atoms with Gasteiger partial charge in [0.2, 0.25) is 0 Å². The van der Waals surface area contributed by atoms with Crippen LogP contribution in [0.4, 0.5) is 0 Å². The molecule has 0 aromatic heterocycles. The summed E-state index contributed by atoms with van der Waals surface area (Å²) >= 11 is 0. The van der Waals surface area contributed by atoms with Crippen molar-refractivity contribution in [2.45, 2.75) is 52.1 Å². The summed E-state index contributed by atoms with van der Waals surface area (Å²) in [6.45, 7) is 14.5. The first-order chi connectivity index (χ1) is 8.66. The summed E-state index contributed by atoms with van der Waals surface area (Å²) in [7, 11) is 0. The van der Waals surface area contributed by atoms with Crippen LogP contribution in [0.5, 0.6) is 0 Å². The Balaban J connectivity index is 1.65. The predicted octanol–water partition coefficient (Wildman–Crippen LogP) is 1.79. The molecule has 106 valence electrons. The Morgan fingerprint density at radius 2 is 1.94 bits per heavy atom.